The molecule has 0 bridgehead atoms. The largest absolute Gasteiger partial charge is 0.480 e. The maximum atomic E-state index is 10.8. The lowest BCUT2D eigenvalue weighted by Gasteiger charge is -2.34. The summed E-state index contributed by atoms with van der Waals surface area (Å²) in [4.78, 5) is 30.2. The molecule has 6 nitrogen and oxygen atoms in total. The van der Waals surface area contributed by atoms with Crippen LogP contribution in [0.3, 0.4) is 0 Å². The van der Waals surface area contributed by atoms with Crippen molar-refractivity contribution in [1.82, 2.24) is 4.90 Å². The summed E-state index contributed by atoms with van der Waals surface area (Å²) in [6.45, 7) is 0.571. The molecule has 2 atom stereocenters. The van der Waals surface area contributed by atoms with Crippen molar-refractivity contribution in [3.63, 3.8) is 0 Å². The first-order valence-corrected chi connectivity index (χ1v) is 6.57. The number of carboxylic acid groups (broad SMARTS) is 1. The minimum Gasteiger partial charge on any atom is -0.480 e. The Morgan fingerprint density at radius 2 is 2.13 bits per heavy atom. The average Bonchev–Trinajstić information content (AvgIpc) is 2.05. The summed E-state index contributed by atoms with van der Waals surface area (Å²) in [6, 6.07) is -0.615. The summed E-state index contributed by atoms with van der Waals surface area (Å²) in [5.41, 5.74) is 0. The number of likely N-dealkylation sites (N-methyl/N-ethyl adjacent to an activating group) is 1. The second-order valence-electron chi connectivity index (χ2n) is 4.07. The number of likely N-dealkylation sites (tertiary alicyclic amines) is 1. The first kappa shape index (κ1) is 12.6. The molecule has 1 heterocycles. The fraction of sp³-hybridized carbons (Fsp3) is 0.875. The Hall–Kier alpha value is -0.420. The molecule has 88 valence electrons. The van der Waals surface area contributed by atoms with Crippen LogP contribution in [0.4, 0.5) is 0 Å². The zero-order chi connectivity index (χ0) is 11.6. The van der Waals surface area contributed by atoms with E-state index in [0.29, 0.717) is 19.4 Å². The third-order valence-electron chi connectivity index (χ3n) is 2.76. The van der Waals surface area contributed by atoms with Crippen LogP contribution >= 0.6 is 7.60 Å². The molecule has 0 radical (unpaired) electrons. The fourth-order valence-electron chi connectivity index (χ4n) is 1.95. The molecule has 0 aromatic heterocycles. The van der Waals surface area contributed by atoms with Crippen molar-refractivity contribution >= 4 is 13.6 Å². The number of aliphatic carboxylic acids is 1. The minimum atomic E-state index is -4.02. The highest BCUT2D eigenvalue weighted by atomic mass is 31.2. The van der Waals surface area contributed by atoms with Gasteiger partial charge in [0.1, 0.15) is 6.04 Å². The Kier molecular flexibility index (Phi) is 3.89. The molecule has 0 aromatic rings. The third-order valence-corrected chi connectivity index (χ3v) is 3.75. The molecule has 3 N–H and O–H groups in total. The van der Waals surface area contributed by atoms with E-state index in [2.05, 4.69) is 0 Å². The highest BCUT2D eigenvalue weighted by molar-refractivity contribution is 7.51. The van der Waals surface area contributed by atoms with E-state index < -0.39 is 19.6 Å². The van der Waals surface area contributed by atoms with E-state index in [1.807, 2.05) is 0 Å². The number of carboxylic acids is 1. The zero-order valence-electron chi connectivity index (χ0n) is 8.54. The summed E-state index contributed by atoms with van der Waals surface area (Å²) in [5.74, 6) is -1.11. The second kappa shape index (κ2) is 4.61. The Labute approximate surface area is 88.1 Å². The Balaban J connectivity index is 2.58. The lowest BCUT2D eigenvalue weighted by atomic mass is 9.93. The first-order valence-electron chi connectivity index (χ1n) is 4.77. The lowest BCUT2D eigenvalue weighted by Crippen LogP contribution is -2.45. The lowest BCUT2D eigenvalue weighted by molar-refractivity contribution is -0.144. The van der Waals surface area contributed by atoms with Crippen LogP contribution in [0, 0.1) is 5.92 Å². The molecule has 0 spiro atoms. The van der Waals surface area contributed by atoms with Gasteiger partial charge in [-0.25, -0.2) is 0 Å². The number of piperidine rings is 1. The predicted octanol–water partition coefficient (Wildman–Crippen LogP) is -0.0409. The summed E-state index contributed by atoms with van der Waals surface area (Å²) in [7, 11) is -2.31. The molecular formula is C8H16NO5P. The second-order valence-corrected chi connectivity index (χ2v) is 5.77. The molecule has 0 aliphatic carbocycles. The highest BCUT2D eigenvalue weighted by Gasteiger charge is 2.33. The van der Waals surface area contributed by atoms with E-state index in [4.69, 9.17) is 14.9 Å². The Morgan fingerprint density at radius 3 is 2.60 bits per heavy atom. The van der Waals surface area contributed by atoms with E-state index in [0.717, 1.165) is 0 Å². The van der Waals surface area contributed by atoms with Crippen LogP contribution in [0.5, 0.6) is 0 Å². The van der Waals surface area contributed by atoms with Gasteiger partial charge in [-0.2, -0.15) is 0 Å². The van der Waals surface area contributed by atoms with Crippen molar-refractivity contribution in [3.05, 3.63) is 0 Å². The molecule has 1 aliphatic heterocycles. The van der Waals surface area contributed by atoms with Crippen molar-refractivity contribution in [3.8, 4) is 0 Å². The summed E-state index contributed by atoms with van der Waals surface area (Å²) in [6.07, 6.45) is 0.757. The third kappa shape index (κ3) is 3.91. The molecule has 15 heavy (non-hydrogen) atoms. The van der Waals surface area contributed by atoms with Gasteiger partial charge in [-0.1, -0.05) is 0 Å². The van der Waals surface area contributed by atoms with Crippen molar-refractivity contribution in [2.45, 2.75) is 18.9 Å². The summed E-state index contributed by atoms with van der Waals surface area (Å²) < 4.78 is 10.8. The van der Waals surface area contributed by atoms with E-state index >= 15 is 0 Å². The van der Waals surface area contributed by atoms with E-state index in [-0.39, 0.29) is 12.1 Å². The van der Waals surface area contributed by atoms with Crippen molar-refractivity contribution in [1.29, 1.82) is 0 Å². The van der Waals surface area contributed by atoms with Crippen molar-refractivity contribution in [2.75, 3.05) is 19.8 Å². The van der Waals surface area contributed by atoms with Crippen molar-refractivity contribution < 1.29 is 24.3 Å². The number of hydrogen-bond acceptors (Lipinski definition) is 3. The van der Waals surface area contributed by atoms with Crippen LogP contribution in [0.25, 0.3) is 0 Å². The maximum absolute atomic E-state index is 10.8. The molecule has 1 saturated heterocycles. The van der Waals surface area contributed by atoms with Crippen LogP contribution in [0.1, 0.15) is 12.8 Å². The Morgan fingerprint density at radius 1 is 1.53 bits per heavy atom. The van der Waals surface area contributed by atoms with E-state index in [1.54, 1.807) is 11.9 Å². The van der Waals surface area contributed by atoms with E-state index in [9.17, 15) is 9.36 Å². The molecule has 0 unspecified atom stereocenters. The molecule has 0 aromatic carbocycles. The number of rotatable bonds is 3. The van der Waals surface area contributed by atoms with Crippen LogP contribution < -0.4 is 0 Å². The number of carbonyl (C=O) groups is 1. The quantitative estimate of drug-likeness (QED) is 0.596. The van der Waals surface area contributed by atoms with Crippen LogP contribution in [-0.4, -0.2) is 51.6 Å². The number of nitrogens with zero attached hydrogens (tertiary/aromatic N) is 1. The molecular weight excluding hydrogens is 221 g/mol. The Bertz CT molecular complexity index is 289. The van der Waals surface area contributed by atoms with Gasteiger partial charge < -0.3 is 14.9 Å². The van der Waals surface area contributed by atoms with Gasteiger partial charge in [-0.3, -0.25) is 14.3 Å². The molecule has 0 amide bonds. The average molecular weight is 237 g/mol. The summed E-state index contributed by atoms with van der Waals surface area (Å²) >= 11 is 0. The van der Waals surface area contributed by atoms with Crippen molar-refractivity contribution in [2.24, 2.45) is 5.92 Å². The standard InChI is InChI=1S/C8H16NO5P/c1-9-3-2-6(5-15(12,13)14)4-7(9)8(10)11/h6-7H,2-5H2,1H3,(H,10,11)(H2,12,13,14)/t6-,7+/m1/s1. The smallest absolute Gasteiger partial charge is 0.325 e. The normalized spacial score (nSPS) is 29.0. The van der Waals surface area contributed by atoms with Gasteiger partial charge in [-0.05, 0) is 32.4 Å². The zero-order valence-corrected chi connectivity index (χ0v) is 9.43. The molecule has 0 saturated carbocycles. The van der Waals surface area contributed by atoms with Crippen LogP contribution in [0.15, 0.2) is 0 Å². The van der Waals surface area contributed by atoms with Crippen LogP contribution in [0.2, 0.25) is 0 Å². The van der Waals surface area contributed by atoms with Gasteiger partial charge in [0.05, 0.1) is 6.16 Å². The minimum absolute atomic E-state index is 0.192. The molecule has 1 fully saturated rings. The highest BCUT2D eigenvalue weighted by Crippen LogP contribution is 2.40. The van der Waals surface area contributed by atoms with Gasteiger partial charge in [0, 0.05) is 0 Å². The number of hydrogen-bond donors (Lipinski definition) is 3. The first-order chi connectivity index (χ1) is 6.79. The van der Waals surface area contributed by atoms with Gasteiger partial charge in [-0.15, -0.1) is 0 Å². The maximum Gasteiger partial charge on any atom is 0.325 e. The van der Waals surface area contributed by atoms with Gasteiger partial charge in [0.25, 0.3) is 0 Å². The molecule has 7 heteroatoms. The predicted molar refractivity (Wildman–Crippen MR) is 53.7 cm³/mol. The molecule has 1 aliphatic rings. The topological polar surface area (TPSA) is 98.1 Å². The molecule has 1 rings (SSSR count). The fourth-order valence-corrected chi connectivity index (χ4v) is 2.95. The van der Waals surface area contributed by atoms with E-state index in [1.165, 1.54) is 0 Å². The SMILES string of the molecule is CN1CC[C@@H](CP(=O)(O)O)C[C@H]1C(=O)O. The summed E-state index contributed by atoms with van der Waals surface area (Å²) in [5, 5.41) is 8.89. The van der Waals surface area contributed by atoms with Gasteiger partial charge in [0.2, 0.25) is 0 Å². The monoisotopic (exact) mass is 237 g/mol. The van der Waals surface area contributed by atoms with Crippen LogP contribution in [-0.2, 0) is 9.36 Å². The van der Waals surface area contributed by atoms with Gasteiger partial charge >= 0.3 is 13.6 Å². The van der Waals surface area contributed by atoms with Gasteiger partial charge in [0.15, 0.2) is 0 Å².